The van der Waals surface area contributed by atoms with Gasteiger partial charge >= 0.3 is 0 Å². The van der Waals surface area contributed by atoms with Crippen molar-refractivity contribution in [2.24, 2.45) is 28.6 Å². The normalized spacial score (nSPS) is 46.9. The molecule has 0 saturated heterocycles. The molecule has 0 aromatic rings. The minimum atomic E-state index is -0.108. The molecular formula is C18H30O2. The molecule has 0 radical (unpaired) electrons. The molecule has 3 saturated carbocycles. The molecule has 3 fully saturated rings. The predicted octanol–water partition coefficient (Wildman–Crippen LogP) is 3.96. The van der Waals surface area contributed by atoms with E-state index < -0.39 is 0 Å². The lowest BCUT2D eigenvalue weighted by Gasteiger charge is -2.56. The van der Waals surface area contributed by atoms with E-state index in [0.29, 0.717) is 23.5 Å². The fraction of sp³-hybridized carbons (Fsp3) is 0.944. The lowest BCUT2D eigenvalue weighted by atomic mass is 9.48. The molecule has 1 N–H and O–H groups in total. The van der Waals surface area contributed by atoms with Gasteiger partial charge in [0.2, 0.25) is 0 Å². The van der Waals surface area contributed by atoms with Crippen LogP contribution in [0.2, 0.25) is 0 Å². The van der Waals surface area contributed by atoms with E-state index in [1.807, 2.05) is 0 Å². The molecular weight excluding hydrogens is 248 g/mol. The maximum absolute atomic E-state index is 12.6. The van der Waals surface area contributed by atoms with Gasteiger partial charge in [-0.3, -0.25) is 4.79 Å². The van der Waals surface area contributed by atoms with Crippen LogP contribution in [-0.4, -0.2) is 17.0 Å². The lowest BCUT2D eigenvalue weighted by Crippen LogP contribution is -2.53. The van der Waals surface area contributed by atoms with Crippen LogP contribution < -0.4 is 0 Å². The smallest absolute Gasteiger partial charge is 0.139 e. The summed E-state index contributed by atoms with van der Waals surface area (Å²) in [5, 5.41) is 10.4. The second-order valence-electron chi connectivity index (χ2n) is 7.84. The van der Waals surface area contributed by atoms with Gasteiger partial charge in [0, 0.05) is 11.8 Å². The third-order valence-electron chi connectivity index (χ3n) is 7.62. The van der Waals surface area contributed by atoms with Crippen LogP contribution >= 0.6 is 0 Å². The SMILES string of the molecule is CCC1(CC)C(=O)CCC2C1CCC1(C)C(O)CCC21. The van der Waals surface area contributed by atoms with Gasteiger partial charge in [0.15, 0.2) is 0 Å². The van der Waals surface area contributed by atoms with Gasteiger partial charge in [-0.05, 0) is 68.1 Å². The van der Waals surface area contributed by atoms with Gasteiger partial charge < -0.3 is 5.11 Å². The van der Waals surface area contributed by atoms with Crippen LogP contribution in [0.25, 0.3) is 0 Å². The highest BCUT2D eigenvalue weighted by atomic mass is 16.3. The number of hydrogen-bond acceptors (Lipinski definition) is 2. The van der Waals surface area contributed by atoms with Crippen LogP contribution in [0.4, 0.5) is 0 Å². The number of aliphatic hydroxyl groups excluding tert-OH is 1. The minimum absolute atomic E-state index is 0.0439. The van der Waals surface area contributed by atoms with E-state index in [1.54, 1.807) is 0 Å². The highest BCUT2D eigenvalue weighted by molar-refractivity contribution is 5.86. The number of carbonyl (C=O) groups is 1. The topological polar surface area (TPSA) is 37.3 Å². The summed E-state index contributed by atoms with van der Waals surface area (Å²) >= 11 is 0. The molecule has 2 heteroatoms. The Morgan fingerprint density at radius 1 is 1.10 bits per heavy atom. The number of ketones is 1. The lowest BCUT2D eigenvalue weighted by molar-refractivity contribution is -0.149. The third kappa shape index (κ3) is 1.70. The van der Waals surface area contributed by atoms with E-state index in [9.17, 15) is 9.90 Å². The summed E-state index contributed by atoms with van der Waals surface area (Å²) in [6, 6.07) is 0. The maximum Gasteiger partial charge on any atom is 0.139 e. The van der Waals surface area contributed by atoms with Crippen molar-refractivity contribution in [3.05, 3.63) is 0 Å². The van der Waals surface area contributed by atoms with E-state index in [-0.39, 0.29) is 16.9 Å². The van der Waals surface area contributed by atoms with Crippen molar-refractivity contribution in [2.75, 3.05) is 0 Å². The number of rotatable bonds is 2. The fourth-order valence-electron chi connectivity index (χ4n) is 6.27. The van der Waals surface area contributed by atoms with E-state index >= 15 is 0 Å². The zero-order valence-electron chi connectivity index (χ0n) is 13.3. The molecule has 5 atom stereocenters. The number of aliphatic hydroxyl groups is 1. The van der Waals surface area contributed by atoms with Crippen LogP contribution in [0, 0.1) is 28.6 Å². The summed E-state index contributed by atoms with van der Waals surface area (Å²) < 4.78 is 0. The molecule has 0 spiro atoms. The fourth-order valence-corrected chi connectivity index (χ4v) is 6.27. The quantitative estimate of drug-likeness (QED) is 0.830. The van der Waals surface area contributed by atoms with Crippen molar-refractivity contribution in [1.82, 2.24) is 0 Å². The largest absolute Gasteiger partial charge is 0.393 e. The summed E-state index contributed by atoms with van der Waals surface area (Å²) in [7, 11) is 0. The first-order valence-corrected chi connectivity index (χ1v) is 8.71. The number of fused-ring (bicyclic) bond motifs is 3. The van der Waals surface area contributed by atoms with Crippen molar-refractivity contribution in [2.45, 2.75) is 78.2 Å². The van der Waals surface area contributed by atoms with E-state index in [1.165, 1.54) is 6.42 Å². The molecule has 3 aliphatic carbocycles. The molecule has 0 aromatic heterocycles. The molecule has 0 aliphatic heterocycles. The van der Waals surface area contributed by atoms with Gasteiger partial charge in [0.1, 0.15) is 5.78 Å². The Balaban J connectivity index is 1.94. The highest BCUT2D eigenvalue weighted by Crippen LogP contribution is 2.63. The second kappa shape index (κ2) is 4.83. The first-order chi connectivity index (χ1) is 9.49. The van der Waals surface area contributed by atoms with Crippen LogP contribution in [-0.2, 0) is 4.79 Å². The monoisotopic (exact) mass is 278 g/mol. The molecule has 20 heavy (non-hydrogen) atoms. The molecule has 114 valence electrons. The molecule has 0 heterocycles. The van der Waals surface area contributed by atoms with Crippen molar-refractivity contribution in [1.29, 1.82) is 0 Å². The molecule has 2 nitrogen and oxygen atoms in total. The predicted molar refractivity (Wildman–Crippen MR) is 80.3 cm³/mol. The standard InChI is InChI=1S/C18H30O2/c1-4-18(5-2)14-10-11-17(3)13(7-9-15(17)19)12(14)6-8-16(18)20/h12-15,19H,4-11H2,1-3H3. The summed E-state index contributed by atoms with van der Waals surface area (Å²) in [6.45, 7) is 6.73. The Hall–Kier alpha value is -0.370. The Labute approximate surface area is 123 Å². The van der Waals surface area contributed by atoms with Crippen molar-refractivity contribution in [3.8, 4) is 0 Å². The molecule has 0 amide bonds. The van der Waals surface area contributed by atoms with E-state index in [0.717, 1.165) is 44.9 Å². The van der Waals surface area contributed by atoms with Gasteiger partial charge in [-0.15, -0.1) is 0 Å². The van der Waals surface area contributed by atoms with Crippen molar-refractivity contribution < 1.29 is 9.90 Å². The maximum atomic E-state index is 12.6. The van der Waals surface area contributed by atoms with Crippen LogP contribution in [0.15, 0.2) is 0 Å². The minimum Gasteiger partial charge on any atom is -0.393 e. The van der Waals surface area contributed by atoms with Crippen molar-refractivity contribution in [3.63, 3.8) is 0 Å². The average molecular weight is 278 g/mol. The summed E-state index contributed by atoms with van der Waals surface area (Å²) in [5.74, 6) is 2.46. The summed E-state index contributed by atoms with van der Waals surface area (Å²) in [4.78, 5) is 12.6. The first kappa shape index (κ1) is 14.6. The Morgan fingerprint density at radius 2 is 1.80 bits per heavy atom. The molecule has 0 aromatic carbocycles. The van der Waals surface area contributed by atoms with Gasteiger partial charge in [-0.25, -0.2) is 0 Å². The first-order valence-electron chi connectivity index (χ1n) is 8.71. The van der Waals surface area contributed by atoms with Gasteiger partial charge in [0.05, 0.1) is 6.10 Å². The average Bonchev–Trinajstić information content (AvgIpc) is 2.75. The highest BCUT2D eigenvalue weighted by Gasteiger charge is 2.59. The number of Topliss-reactive ketones (excluding diaryl/α,β-unsaturated/α-hetero) is 1. The Bertz CT molecular complexity index is 398. The second-order valence-corrected chi connectivity index (χ2v) is 7.84. The van der Waals surface area contributed by atoms with E-state index in [2.05, 4.69) is 20.8 Å². The van der Waals surface area contributed by atoms with Crippen LogP contribution in [0.1, 0.15) is 72.1 Å². The summed E-state index contributed by atoms with van der Waals surface area (Å²) in [5.41, 5.74) is 0.0898. The van der Waals surface area contributed by atoms with Crippen molar-refractivity contribution >= 4 is 5.78 Å². The molecule has 5 unspecified atom stereocenters. The van der Waals surface area contributed by atoms with Crippen LogP contribution in [0.5, 0.6) is 0 Å². The molecule has 3 aliphatic rings. The van der Waals surface area contributed by atoms with Crippen LogP contribution in [0.3, 0.4) is 0 Å². The van der Waals surface area contributed by atoms with Gasteiger partial charge in [-0.2, -0.15) is 0 Å². The Kier molecular flexibility index (Phi) is 3.52. The van der Waals surface area contributed by atoms with E-state index in [4.69, 9.17) is 0 Å². The zero-order valence-corrected chi connectivity index (χ0v) is 13.3. The molecule has 0 bridgehead atoms. The third-order valence-corrected chi connectivity index (χ3v) is 7.62. The number of hydrogen-bond donors (Lipinski definition) is 1. The Morgan fingerprint density at radius 3 is 2.45 bits per heavy atom. The zero-order chi connectivity index (χ0) is 14.5. The number of carbonyl (C=O) groups excluding carboxylic acids is 1. The van der Waals surface area contributed by atoms with Gasteiger partial charge in [-0.1, -0.05) is 20.8 Å². The summed E-state index contributed by atoms with van der Waals surface area (Å²) in [6.07, 6.45) is 8.20. The van der Waals surface area contributed by atoms with Gasteiger partial charge in [0.25, 0.3) is 0 Å². The molecule has 3 rings (SSSR count).